The van der Waals surface area contributed by atoms with Gasteiger partial charge in [0, 0.05) is 0 Å². The molecule has 3 nitrogen and oxygen atoms in total. The van der Waals surface area contributed by atoms with Gasteiger partial charge in [-0.2, -0.15) is 0 Å². The number of hydrogen-bond donors (Lipinski definition) is 1. The zero-order valence-corrected chi connectivity index (χ0v) is 24.2. The maximum absolute atomic E-state index is 12.8. The number of fused-ring (bicyclic) bond motifs is 7. The van der Waals surface area contributed by atoms with Crippen LogP contribution < -0.4 is 0 Å². The van der Waals surface area contributed by atoms with Crippen molar-refractivity contribution in [2.45, 2.75) is 119 Å². The van der Waals surface area contributed by atoms with Crippen molar-refractivity contribution in [1.82, 2.24) is 0 Å². The summed E-state index contributed by atoms with van der Waals surface area (Å²) in [6.07, 6.45) is 15.6. The molecule has 5 aliphatic rings. The van der Waals surface area contributed by atoms with E-state index in [1.165, 1.54) is 24.8 Å². The molecule has 36 heavy (non-hydrogen) atoms. The zero-order valence-electron chi connectivity index (χ0n) is 24.2. The molecule has 0 unspecified atom stereocenters. The third-order valence-electron chi connectivity index (χ3n) is 13.4. The molecular weight excluding hydrogens is 444 g/mol. The molecule has 0 aromatic rings. The third-order valence-corrected chi connectivity index (χ3v) is 13.4. The van der Waals surface area contributed by atoms with Crippen LogP contribution in [0.25, 0.3) is 0 Å². The summed E-state index contributed by atoms with van der Waals surface area (Å²) in [4.78, 5) is 12.8. The number of carbonyl (C=O) groups is 1. The van der Waals surface area contributed by atoms with Crippen LogP contribution in [0.4, 0.5) is 0 Å². The van der Waals surface area contributed by atoms with Gasteiger partial charge < -0.3 is 9.84 Å². The van der Waals surface area contributed by atoms with Crippen molar-refractivity contribution in [3.8, 4) is 0 Å². The van der Waals surface area contributed by atoms with E-state index in [-0.39, 0.29) is 27.6 Å². The minimum Gasteiger partial charge on any atom is -0.481 e. The Morgan fingerprint density at radius 1 is 1.00 bits per heavy atom. The molecular formula is C33H52O3. The van der Waals surface area contributed by atoms with Crippen LogP contribution in [0.2, 0.25) is 0 Å². The van der Waals surface area contributed by atoms with Crippen molar-refractivity contribution in [2.24, 2.45) is 50.2 Å². The quantitative estimate of drug-likeness (QED) is 0.397. The summed E-state index contributed by atoms with van der Waals surface area (Å²) < 4.78 is 6.33. The van der Waals surface area contributed by atoms with Gasteiger partial charge in [0.2, 0.25) is 0 Å². The second-order valence-electron chi connectivity index (χ2n) is 15.6. The fraction of sp³-hybridized carbons (Fsp3) is 0.848. The van der Waals surface area contributed by atoms with Crippen LogP contribution in [-0.4, -0.2) is 23.8 Å². The molecule has 1 N–H and O–H groups in total. The second-order valence-corrected chi connectivity index (χ2v) is 15.6. The summed E-state index contributed by atoms with van der Waals surface area (Å²) in [5, 5.41) is 10.6. The highest BCUT2D eigenvalue weighted by atomic mass is 16.5. The van der Waals surface area contributed by atoms with Gasteiger partial charge in [-0.05, 0) is 109 Å². The number of allylic oxidation sites excluding steroid dienone is 2. The maximum atomic E-state index is 12.8. The van der Waals surface area contributed by atoms with Gasteiger partial charge in [0.1, 0.15) is 0 Å². The van der Waals surface area contributed by atoms with Gasteiger partial charge in [-0.15, -0.1) is 6.58 Å². The summed E-state index contributed by atoms with van der Waals surface area (Å²) >= 11 is 0. The SMILES string of the molecule is C=CCO[C@H]1CC[C@]2(C)[C@H]3CC=C4[C@@H]5CC(C)(C)CC[C@]5(C(=O)O)CC[C@@]4(C)[C@]3(C)CC[C@H]2C1(C)C. The van der Waals surface area contributed by atoms with E-state index in [4.69, 9.17) is 4.74 Å². The normalized spacial score (nSPS) is 48.9. The molecule has 0 saturated heterocycles. The summed E-state index contributed by atoms with van der Waals surface area (Å²) in [6.45, 7) is 21.9. The number of rotatable bonds is 4. The number of ether oxygens (including phenoxy) is 1. The van der Waals surface area contributed by atoms with Crippen LogP contribution in [0.1, 0.15) is 113 Å². The minimum absolute atomic E-state index is 0.0985. The van der Waals surface area contributed by atoms with Gasteiger partial charge in [-0.3, -0.25) is 4.79 Å². The zero-order chi connectivity index (χ0) is 26.4. The molecule has 5 aliphatic carbocycles. The van der Waals surface area contributed by atoms with Crippen LogP contribution in [0.5, 0.6) is 0 Å². The highest BCUT2D eigenvalue weighted by Gasteiger charge is 2.69. The predicted molar refractivity (Wildman–Crippen MR) is 147 cm³/mol. The van der Waals surface area contributed by atoms with Gasteiger partial charge >= 0.3 is 5.97 Å². The Balaban J connectivity index is 1.54. The fourth-order valence-electron chi connectivity index (χ4n) is 11.1. The van der Waals surface area contributed by atoms with Crippen molar-refractivity contribution >= 4 is 5.97 Å². The summed E-state index contributed by atoms with van der Waals surface area (Å²) in [5.41, 5.74) is 1.97. The molecule has 4 saturated carbocycles. The molecule has 0 heterocycles. The predicted octanol–water partition coefficient (Wildman–Crippen LogP) is 8.44. The standard InChI is InChI=1S/C33H52O3/c1-9-20-36-26-13-14-30(6)24(29(26,4)5)12-15-32(8)25(30)11-10-22-23-21-28(2,3)16-18-33(23,27(34)35)19-17-31(22,32)7/h9-10,23-26H,1,11-21H2,2-8H3,(H,34,35)/t23-,24-,25+,26-,30-,31+,32+,33-/m0/s1. The van der Waals surface area contributed by atoms with Crippen LogP contribution >= 0.6 is 0 Å². The minimum atomic E-state index is -0.548. The molecule has 3 heteroatoms. The molecule has 4 fully saturated rings. The lowest BCUT2D eigenvalue weighted by Crippen LogP contribution is -2.65. The van der Waals surface area contributed by atoms with Crippen molar-refractivity contribution < 1.29 is 14.6 Å². The average Bonchev–Trinajstić information content (AvgIpc) is 2.78. The van der Waals surface area contributed by atoms with Crippen molar-refractivity contribution in [1.29, 1.82) is 0 Å². The molecule has 0 radical (unpaired) electrons. The fourth-order valence-corrected chi connectivity index (χ4v) is 11.1. The first-order valence-corrected chi connectivity index (χ1v) is 14.8. The van der Waals surface area contributed by atoms with Crippen LogP contribution in [0, 0.1) is 50.2 Å². The first-order valence-electron chi connectivity index (χ1n) is 14.8. The topological polar surface area (TPSA) is 46.5 Å². The van der Waals surface area contributed by atoms with E-state index in [0.29, 0.717) is 30.0 Å². The number of carboxylic acid groups (broad SMARTS) is 1. The molecule has 0 aliphatic heterocycles. The molecule has 0 amide bonds. The lowest BCUT2D eigenvalue weighted by molar-refractivity contribution is -0.211. The summed E-state index contributed by atoms with van der Waals surface area (Å²) in [7, 11) is 0. The second kappa shape index (κ2) is 8.20. The van der Waals surface area contributed by atoms with E-state index in [9.17, 15) is 9.90 Å². The van der Waals surface area contributed by atoms with E-state index < -0.39 is 11.4 Å². The lowest BCUT2D eigenvalue weighted by Gasteiger charge is -2.71. The number of aliphatic carboxylic acids is 1. The number of hydrogen-bond acceptors (Lipinski definition) is 2. The van der Waals surface area contributed by atoms with Crippen LogP contribution in [-0.2, 0) is 9.53 Å². The first kappa shape index (κ1) is 26.5. The Morgan fingerprint density at radius 2 is 1.69 bits per heavy atom. The van der Waals surface area contributed by atoms with Gasteiger partial charge in [-0.25, -0.2) is 0 Å². The maximum Gasteiger partial charge on any atom is 0.310 e. The van der Waals surface area contributed by atoms with E-state index in [2.05, 4.69) is 61.1 Å². The molecule has 8 atom stereocenters. The monoisotopic (exact) mass is 496 g/mol. The van der Waals surface area contributed by atoms with E-state index in [1.807, 2.05) is 6.08 Å². The Bertz CT molecular complexity index is 960. The van der Waals surface area contributed by atoms with E-state index >= 15 is 0 Å². The number of carboxylic acids is 1. The average molecular weight is 497 g/mol. The first-order chi connectivity index (χ1) is 16.7. The molecule has 0 aromatic carbocycles. The van der Waals surface area contributed by atoms with Crippen molar-refractivity contribution in [3.05, 3.63) is 24.3 Å². The Morgan fingerprint density at radius 3 is 2.36 bits per heavy atom. The molecule has 5 rings (SSSR count). The van der Waals surface area contributed by atoms with Crippen molar-refractivity contribution in [3.63, 3.8) is 0 Å². The smallest absolute Gasteiger partial charge is 0.310 e. The Kier molecular flexibility index (Phi) is 6.04. The van der Waals surface area contributed by atoms with Gasteiger partial charge in [0.15, 0.2) is 0 Å². The largest absolute Gasteiger partial charge is 0.481 e. The Labute approximate surface area is 220 Å². The van der Waals surface area contributed by atoms with Gasteiger partial charge in [0.05, 0.1) is 18.1 Å². The molecule has 0 aromatic heterocycles. The van der Waals surface area contributed by atoms with E-state index in [1.54, 1.807) is 0 Å². The van der Waals surface area contributed by atoms with Gasteiger partial charge in [-0.1, -0.05) is 66.2 Å². The Hall–Kier alpha value is -1.09. The summed E-state index contributed by atoms with van der Waals surface area (Å²) in [5.74, 6) is 0.959. The highest BCUT2D eigenvalue weighted by molar-refractivity contribution is 5.76. The van der Waals surface area contributed by atoms with Crippen LogP contribution in [0.15, 0.2) is 24.3 Å². The highest BCUT2D eigenvalue weighted by Crippen LogP contribution is 2.75. The molecule has 0 bridgehead atoms. The third kappa shape index (κ3) is 3.36. The van der Waals surface area contributed by atoms with Crippen molar-refractivity contribution in [2.75, 3.05) is 6.61 Å². The van der Waals surface area contributed by atoms with E-state index in [0.717, 1.165) is 44.9 Å². The molecule has 202 valence electrons. The van der Waals surface area contributed by atoms with Crippen LogP contribution in [0.3, 0.4) is 0 Å². The lowest BCUT2D eigenvalue weighted by atomic mass is 9.33. The summed E-state index contributed by atoms with van der Waals surface area (Å²) in [6, 6.07) is 0. The molecule has 0 spiro atoms. The van der Waals surface area contributed by atoms with Gasteiger partial charge in [0.25, 0.3) is 0 Å².